The second-order valence-electron chi connectivity index (χ2n) is 4.02. The van der Waals surface area contributed by atoms with Crippen LogP contribution in [0, 0.1) is 0 Å². The molecule has 0 saturated carbocycles. The maximum Gasteiger partial charge on any atom is 0.255 e. The Kier molecular flexibility index (Phi) is 3.39. The summed E-state index contributed by atoms with van der Waals surface area (Å²) < 4.78 is 0. The predicted octanol–water partition coefficient (Wildman–Crippen LogP) is 1.85. The van der Waals surface area contributed by atoms with Crippen molar-refractivity contribution >= 4 is 23.4 Å². The number of nitrogens with zero attached hydrogens (tertiary/aromatic N) is 1. The van der Waals surface area contributed by atoms with E-state index < -0.39 is 0 Å². The van der Waals surface area contributed by atoms with Gasteiger partial charge >= 0.3 is 0 Å². The second-order valence-corrected chi connectivity index (χ2v) is 5.17. The van der Waals surface area contributed by atoms with Crippen LogP contribution in [-0.2, 0) is 0 Å². The van der Waals surface area contributed by atoms with Gasteiger partial charge in [-0.25, -0.2) is 0 Å². The van der Waals surface area contributed by atoms with Gasteiger partial charge in [0.2, 0.25) is 0 Å². The minimum Gasteiger partial charge on any atom is -0.398 e. The maximum atomic E-state index is 12.2. The van der Waals surface area contributed by atoms with Crippen LogP contribution in [0.1, 0.15) is 16.8 Å². The molecule has 2 rings (SSSR count). The Balaban J connectivity index is 2.15. The molecule has 0 aliphatic carbocycles. The van der Waals surface area contributed by atoms with Gasteiger partial charge in [-0.3, -0.25) is 4.79 Å². The zero-order valence-electron chi connectivity index (χ0n) is 9.35. The molecule has 1 aliphatic rings. The number of para-hydroxylation sites is 1. The van der Waals surface area contributed by atoms with Gasteiger partial charge in [0.25, 0.3) is 5.91 Å². The van der Waals surface area contributed by atoms with Crippen molar-refractivity contribution < 1.29 is 4.79 Å². The highest BCUT2D eigenvalue weighted by Gasteiger charge is 2.25. The fraction of sp³-hybridized carbons (Fsp3) is 0.417. The van der Waals surface area contributed by atoms with Gasteiger partial charge in [-0.1, -0.05) is 12.1 Å². The van der Waals surface area contributed by atoms with Gasteiger partial charge in [0.15, 0.2) is 0 Å². The minimum absolute atomic E-state index is 0.0330. The SMILES string of the molecule is CN(C(=O)c1ccccc1N)C1CCSC1. The topological polar surface area (TPSA) is 46.3 Å². The van der Waals surface area contributed by atoms with E-state index in [9.17, 15) is 4.79 Å². The first-order chi connectivity index (χ1) is 7.70. The van der Waals surface area contributed by atoms with Crippen molar-refractivity contribution in [1.82, 2.24) is 4.90 Å². The third kappa shape index (κ3) is 2.16. The van der Waals surface area contributed by atoms with Gasteiger partial charge in [-0.15, -0.1) is 0 Å². The number of amides is 1. The molecule has 1 fully saturated rings. The lowest BCUT2D eigenvalue weighted by atomic mass is 10.1. The fourth-order valence-corrected chi connectivity index (χ4v) is 3.14. The predicted molar refractivity (Wildman–Crippen MR) is 68.7 cm³/mol. The van der Waals surface area contributed by atoms with Crippen LogP contribution >= 0.6 is 11.8 Å². The van der Waals surface area contributed by atoms with Crippen molar-refractivity contribution in [2.45, 2.75) is 12.5 Å². The lowest BCUT2D eigenvalue weighted by Crippen LogP contribution is -2.37. The van der Waals surface area contributed by atoms with E-state index in [1.54, 1.807) is 12.1 Å². The molecule has 2 N–H and O–H groups in total. The Morgan fingerprint density at radius 2 is 2.25 bits per heavy atom. The number of anilines is 1. The summed E-state index contributed by atoms with van der Waals surface area (Å²) in [5.41, 5.74) is 6.98. The molecule has 1 heterocycles. The van der Waals surface area contributed by atoms with Crippen molar-refractivity contribution in [1.29, 1.82) is 0 Å². The van der Waals surface area contributed by atoms with E-state index in [0.29, 0.717) is 17.3 Å². The average Bonchev–Trinajstić information content (AvgIpc) is 2.81. The lowest BCUT2D eigenvalue weighted by Gasteiger charge is -2.24. The van der Waals surface area contributed by atoms with Crippen molar-refractivity contribution in [3.8, 4) is 0 Å². The lowest BCUT2D eigenvalue weighted by molar-refractivity contribution is 0.0749. The van der Waals surface area contributed by atoms with Crippen LogP contribution in [0.3, 0.4) is 0 Å². The molecule has 4 heteroatoms. The normalized spacial score (nSPS) is 19.7. The smallest absolute Gasteiger partial charge is 0.255 e. The van der Waals surface area contributed by atoms with E-state index in [1.165, 1.54) is 0 Å². The van der Waals surface area contributed by atoms with Gasteiger partial charge in [0.05, 0.1) is 5.56 Å². The van der Waals surface area contributed by atoms with Crippen LogP contribution in [0.5, 0.6) is 0 Å². The number of carbonyl (C=O) groups is 1. The maximum absolute atomic E-state index is 12.2. The molecular formula is C12H16N2OS. The number of hydrogen-bond donors (Lipinski definition) is 1. The molecule has 86 valence electrons. The molecule has 1 unspecified atom stereocenters. The number of nitrogen functional groups attached to an aromatic ring is 1. The third-order valence-electron chi connectivity index (χ3n) is 2.96. The highest BCUT2D eigenvalue weighted by Crippen LogP contribution is 2.23. The average molecular weight is 236 g/mol. The first-order valence-corrected chi connectivity index (χ1v) is 6.55. The van der Waals surface area contributed by atoms with Gasteiger partial charge < -0.3 is 10.6 Å². The minimum atomic E-state index is 0.0330. The number of benzene rings is 1. The van der Waals surface area contributed by atoms with Gasteiger partial charge in [-0.2, -0.15) is 11.8 Å². The molecule has 0 bridgehead atoms. The van der Waals surface area contributed by atoms with Crippen LogP contribution in [0.2, 0.25) is 0 Å². The van der Waals surface area contributed by atoms with Crippen molar-refractivity contribution in [3.63, 3.8) is 0 Å². The van der Waals surface area contributed by atoms with Crippen LogP contribution in [-0.4, -0.2) is 35.4 Å². The molecule has 1 aliphatic heterocycles. The number of carbonyl (C=O) groups excluding carboxylic acids is 1. The Labute approximate surface area is 100.0 Å². The molecule has 3 nitrogen and oxygen atoms in total. The monoisotopic (exact) mass is 236 g/mol. The van der Waals surface area contributed by atoms with E-state index in [-0.39, 0.29) is 5.91 Å². The first kappa shape index (κ1) is 11.3. The number of rotatable bonds is 2. The molecule has 16 heavy (non-hydrogen) atoms. The molecule has 0 radical (unpaired) electrons. The Morgan fingerprint density at radius 1 is 1.50 bits per heavy atom. The molecule has 1 amide bonds. The molecule has 1 atom stereocenters. The first-order valence-electron chi connectivity index (χ1n) is 5.39. The number of nitrogens with two attached hydrogens (primary N) is 1. The van der Waals surface area contributed by atoms with E-state index in [1.807, 2.05) is 35.8 Å². The van der Waals surface area contributed by atoms with E-state index in [4.69, 9.17) is 5.73 Å². The van der Waals surface area contributed by atoms with E-state index >= 15 is 0 Å². The van der Waals surface area contributed by atoms with Crippen LogP contribution in [0.4, 0.5) is 5.69 Å². The highest BCUT2D eigenvalue weighted by atomic mass is 32.2. The fourth-order valence-electron chi connectivity index (χ4n) is 1.88. The Morgan fingerprint density at radius 3 is 2.88 bits per heavy atom. The summed E-state index contributed by atoms with van der Waals surface area (Å²) in [5.74, 6) is 2.22. The van der Waals surface area contributed by atoms with Crippen molar-refractivity contribution in [2.24, 2.45) is 0 Å². The highest BCUT2D eigenvalue weighted by molar-refractivity contribution is 7.99. The van der Waals surface area contributed by atoms with Crippen LogP contribution in [0.15, 0.2) is 24.3 Å². The summed E-state index contributed by atoms with van der Waals surface area (Å²) in [6, 6.07) is 7.61. The number of hydrogen-bond acceptors (Lipinski definition) is 3. The molecule has 1 saturated heterocycles. The summed E-state index contributed by atoms with van der Waals surface area (Å²) in [7, 11) is 1.87. The zero-order valence-corrected chi connectivity index (χ0v) is 10.2. The summed E-state index contributed by atoms with van der Waals surface area (Å²) in [5, 5.41) is 0. The molecule has 0 spiro atoms. The summed E-state index contributed by atoms with van der Waals surface area (Å²) in [6.45, 7) is 0. The summed E-state index contributed by atoms with van der Waals surface area (Å²) in [6.07, 6.45) is 1.08. The third-order valence-corrected chi connectivity index (χ3v) is 4.11. The quantitative estimate of drug-likeness (QED) is 0.797. The number of thioether (sulfide) groups is 1. The van der Waals surface area contributed by atoms with Gasteiger partial charge in [0.1, 0.15) is 0 Å². The van der Waals surface area contributed by atoms with Crippen molar-refractivity contribution in [2.75, 3.05) is 24.3 Å². The zero-order chi connectivity index (χ0) is 11.5. The molecule has 1 aromatic rings. The Bertz CT molecular complexity index is 388. The Hall–Kier alpha value is -1.16. The second kappa shape index (κ2) is 4.78. The summed E-state index contributed by atoms with van der Waals surface area (Å²) >= 11 is 1.90. The molecule has 0 aromatic heterocycles. The summed E-state index contributed by atoms with van der Waals surface area (Å²) in [4.78, 5) is 14.0. The van der Waals surface area contributed by atoms with Gasteiger partial charge in [-0.05, 0) is 24.3 Å². The molecule has 1 aromatic carbocycles. The molecular weight excluding hydrogens is 220 g/mol. The van der Waals surface area contributed by atoms with E-state index in [0.717, 1.165) is 17.9 Å². The standard InChI is InChI=1S/C12H16N2OS/c1-14(9-6-7-16-8-9)12(15)10-4-2-3-5-11(10)13/h2-5,9H,6-8,13H2,1H3. The van der Waals surface area contributed by atoms with Gasteiger partial charge in [0, 0.05) is 24.5 Å². The van der Waals surface area contributed by atoms with E-state index in [2.05, 4.69) is 0 Å². The van der Waals surface area contributed by atoms with Crippen molar-refractivity contribution in [3.05, 3.63) is 29.8 Å². The van der Waals surface area contributed by atoms with Crippen LogP contribution in [0.25, 0.3) is 0 Å². The van der Waals surface area contributed by atoms with Crippen LogP contribution < -0.4 is 5.73 Å². The largest absolute Gasteiger partial charge is 0.398 e.